The number of likely N-dealkylation sites (tertiary alicyclic amines) is 1. The van der Waals surface area contributed by atoms with Crippen LogP contribution in [0.3, 0.4) is 0 Å². The number of nitrogens with one attached hydrogen (secondary N) is 2. The molecule has 1 heterocycles. The van der Waals surface area contributed by atoms with Crippen molar-refractivity contribution in [3.05, 3.63) is 41.5 Å². The zero-order chi connectivity index (χ0) is 19.7. The minimum atomic E-state index is -1.70. The van der Waals surface area contributed by atoms with Gasteiger partial charge in [-0.05, 0) is 12.8 Å². The Bertz CT molecular complexity index is 791. The molecular formula is C17H15F4N3O3. The van der Waals surface area contributed by atoms with E-state index in [9.17, 15) is 31.9 Å². The minimum absolute atomic E-state index is 0.0383. The van der Waals surface area contributed by atoms with Gasteiger partial charge in [0.25, 0.3) is 0 Å². The fourth-order valence-electron chi connectivity index (χ4n) is 3.18. The number of carbonyl (C=O) groups excluding carboxylic acids is 3. The van der Waals surface area contributed by atoms with Crippen LogP contribution in [0.25, 0.3) is 0 Å². The van der Waals surface area contributed by atoms with Crippen molar-refractivity contribution in [2.75, 3.05) is 12.0 Å². The van der Waals surface area contributed by atoms with E-state index in [1.165, 1.54) is 0 Å². The SMILES string of the molecule is O=C(CCN1C(=O)[C@@H]2CC=CC[C@H]2C1=O)NNc1c(F)c(F)cc(F)c1F. The first-order valence-corrected chi connectivity index (χ1v) is 8.19. The molecule has 2 aliphatic rings. The van der Waals surface area contributed by atoms with Gasteiger partial charge < -0.3 is 0 Å². The highest BCUT2D eigenvalue weighted by atomic mass is 19.2. The lowest BCUT2D eigenvalue weighted by atomic mass is 9.85. The fraction of sp³-hybridized carbons (Fsp3) is 0.353. The molecule has 1 saturated heterocycles. The molecule has 1 aromatic carbocycles. The number of nitrogens with zero attached hydrogens (tertiary/aromatic N) is 1. The maximum atomic E-state index is 13.5. The molecule has 0 aromatic heterocycles. The van der Waals surface area contributed by atoms with Gasteiger partial charge in [-0.1, -0.05) is 12.2 Å². The molecule has 0 radical (unpaired) electrons. The molecule has 10 heteroatoms. The Kier molecular flexibility index (Phi) is 5.15. The number of rotatable bonds is 5. The van der Waals surface area contributed by atoms with Crippen molar-refractivity contribution >= 4 is 23.4 Å². The van der Waals surface area contributed by atoms with Crippen molar-refractivity contribution in [1.29, 1.82) is 0 Å². The Hall–Kier alpha value is -2.91. The van der Waals surface area contributed by atoms with Crippen molar-refractivity contribution in [3.8, 4) is 0 Å². The lowest BCUT2D eigenvalue weighted by Crippen LogP contribution is -2.37. The molecule has 2 atom stereocenters. The topological polar surface area (TPSA) is 78.5 Å². The van der Waals surface area contributed by atoms with E-state index in [-0.39, 0.29) is 30.8 Å². The maximum Gasteiger partial charge on any atom is 0.240 e. The molecule has 0 unspecified atom stereocenters. The second-order valence-corrected chi connectivity index (χ2v) is 6.25. The normalized spacial score (nSPS) is 21.4. The predicted molar refractivity (Wildman–Crippen MR) is 84.7 cm³/mol. The molecule has 3 amide bonds. The standard InChI is InChI=1S/C17H15F4N3O3/c18-10-7-11(19)14(21)15(13(10)20)23-22-12(25)5-6-24-16(26)8-3-1-2-4-9(8)17(24)27/h1-2,7-9,23H,3-6H2,(H,22,25)/t8-,9-/m1/s1. The van der Waals surface area contributed by atoms with Crippen LogP contribution in [0.2, 0.25) is 0 Å². The highest BCUT2D eigenvalue weighted by Crippen LogP contribution is 2.35. The van der Waals surface area contributed by atoms with Gasteiger partial charge in [0, 0.05) is 19.0 Å². The van der Waals surface area contributed by atoms with E-state index in [2.05, 4.69) is 0 Å². The second kappa shape index (κ2) is 7.37. The summed E-state index contributed by atoms with van der Waals surface area (Å²) < 4.78 is 53.2. The van der Waals surface area contributed by atoms with Crippen LogP contribution in [-0.2, 0) is 14.4 Å². The summed E-state index contributed by atoms with van der Waals surface area (Å²) in [4.78, 5) is 37.3. The molecule has 6 nitrogen and oxygen atoms in total. The third kappa shape index (κ3) is 3.51. The fourth-order valence-corrected chi connectivity index (χ4v) is 3.18. The Morgan fingerprint density at radius 2 is 1.52 bits per heavy atom. The maximum absolute atomic E-state index is 13.5. The number of anilines is 1. The van der Waals surface area contributed by atoms with E-state index in [0.29, 0.717) is 12.8 Å². The van der Waals surface area contributed by atoms with Gasteiger partial charge in [0.05, 0.1) is 11.8 Å². The molecule has 0 spiro atoms. The number of hydrogen-bond donors (Lipinski definition) is 2. The van der Waals surface area contributed by atoms with Crippen LogP contribution in [-0.4, -0.2) is 29.2 Å². The summed E-state index contributed by atoms with van der Waals surface area (Å²) in [6, 6.07) is 0.0383. The van der Waals surface area contributed by atoms with Gasteiger partial charge in [0.2, 0.25) is 17.7 Å². The molecular weight excluding hydrogens is 370 g/mol. The lowest BCUT2D eigenvalue weighted by Gasteiger charge is -2.15. The largest absolute Gasteiger partial charge is 0.293 e. The lowest BCUT2D eigenvalue weighted by molar-refractivity contribution is -0.140. The number of hydrazine groups is 1. The first-order valence-electron chi connectivity index (χ1n) is 8.19. The monoisotopic (exact) mass is 385 g/mol. The summed E-state index contributed by atoms with van der Waals surface area (Å²) in [6.45, 7) is -0.208. The van der Waals surface area contributed by atoms with Crippen LogP contribution in [0.1, 0.15) is 19.3 Å². The van der Waals surface area contributed by atoms with Crippen LogP contribution in [0.15, 0.2) is 18.2 Å². The van der Waals surface area contributed by atoms with Gasteiger partial charge in [0.15, 0.2) is 23.3 Å². The van der Waals surface area contributed by atoms with Crippen LogP contribution >= 0.6 is 0 Å². The van der Waals surface area contributed by atoms with Gasteiger partial charge in [-0.25, -0.2) is 17.6 Å². The molecule has 3 rings (SSSR count). The predicted octanol–water partition coefficient (Wildman–Crippen LogP) is 2.03. The van der Waals surface area contributed by atoms with E-state index < -0.39 is 46.7 Å². The number of hydrogen-bond acceptors (Lipinski definition) is 4. The molecule has 2 N–H and O–H groups in total. The number of allylic oxidation sites excluding steroid dienone is 2. The number of fused-ring (bicyclic) bond motifs is 1. The molecule has 1 aromatic rings. The number of imide groups is 1. The Balaban J connectivity index is 1.57. The molecule has 1 fully saturated rings. The first-order chi connectivity index (χ1) is 12.8. The smallest absolute Gasteiger partial charge is 0.240 e. The van der Waals surface area contributed by atoms with Gasteiger partial charge in [-0.3, -0.25) is 30.1 Å². The van der Waals surface area contributed by atoms with Crippen LogP contribution in [0.4, 0.5) is 23.2 Å². The summed E-state index contributed by atoms with van der Waals surface area (Å²) in [5.74, 6) is -9.06. The molecule has 27 heavy (non-hydrogen) atoms. The highest BCUT2D eigenvalue weighted by Gasteiger charge is 2.46. The van der Waals surface area contributed by atoms with Gasteiger partial charge in [-0.15, -0.1) is 0 Å². The summed E-state index contributed by atoms with van der Waals surface area (Å²) in [6.07, 6.45) is 4.23. The summed E-state index contributed by atoms with van der Waals surface area (Å²) >= 11 is 0. The van der Waals surface area contributed by atoms with Gasteiger partial charge in [-0.2, -0.15) is 0 Å². The van der Waals surface area contributed by atoms with Crippen LogP contribution in [0.5, 0.6) is 0 Å². The third-order valence-electron chi connectivity index (χ3n) is 4.60. The average molecular weight is 385 g/mol. The minimum Gasteiger partial charge on any atom is -0.293 e. The van der Waals surface area contributed by atoms with Crippen molar-refractivity contribution in [3.63, 3.8) is 0 Å². The zero-order valence-electron chi connectivity index (χ0n) is 13.9. The van der Waals surface area contributed by atoms with E-state index in [1.54, 1.807) is 5.43 Å². The van der Waals surface area contributed by atoms with Gasteiger partial charge >= 0.3 is 0 Å². The quantitative estimate of drug-likeness (QED) is 0.267. The Morgan fingerprint density at radius 1 is 1.00 bits per heavy atom. The average Bonchev–Trinajstić information content (AvgIpc) is 2.89. The van der Waals surface area contributed by atoms with Crippen molar-refractivity contribution in [2.24, 2.45) is 11.8 Å². The van der Waals surface area contributed by atoms with E-state index in [1.807, 2.05) is 17.6 Å². The number of carbonyl (C=O) groups is 3. The number of halogens is 4. The third-order valence-corrected chi connectivity index (χ3v) is 4.60. The van der Waals surface area contributed by atoms with Crippen LogP contribution < -0.4 is 10.9 Å². The van der Waals surface area contributed by atoms with E-state index in [4.69, 9.17) is 0 Å². The summed E-state index contributed by atoms with van der Waals surface area (Å²) in [7, 11) is 0. The number of amides is 3. The second-order valence-electron chi connectivity index (χ2n) is 6.25. The highest BCUT2D eigenvalue weighted by molar-refractivity contribution is 6.05. The number of benzene rings is 1. The molecule has 1 aliphatic carbocycles. The zero-order valence-corrected chi connectivity index (χ0v) is 13.9. The first kappa shape index (κ1) is 18.9. The van der Waals surface area contributed by atoms with Gasteiger partial charge in [0.1, 0.15) is 5.69 Å². The molecule has 144 valence electrons. The van der Waals surface area contributed by atoms with Crippen molar-refractivity contribution in [1.82, 2.24) is 10.3 Å². The van der Waals surface area contributed by atoms with Crippen molar-refractivity contribution < 1.29 is 31.9 Å². The summed E-state index contributed by atoms with van der Waals surface area (Å²) in [5, 5.41) is 0. The Labute approximate surface area is 151 Å². The molecule has 0 bridgehead atoms. The molecule has 1 aliphatic heterocycles. The van der Waals surface area contributed by atoms with E-state index in [0.717, 1.165) is 4.90 Å². The molecule has 0 saturated carbocycles. The van der Waals surface area contributed by atoms with E-state index >= 15 is 0 Å². The van der Waals surface area contributed by atoms with Crippen LogP contribution in [0, 0.1) is 35.1 Å². The van der Waals surface area contributed by atoms with Crippen molar-refractivity contribution in [2.45, 2.75) is 19.3 Å². The Morgan fingerprint density at radius 3 is 2.04 bits per heavy atom. The summed E-state index contributed by atoms with van der Waals surface area (Å²) in [5.41, 5.74) is 2.48.